The summed E-state index contributed by atoms with van der Waals surface area (Å²) in [6.07, 6.45) is 6.82. The molecule has 29 heavy (non-hydrogen) atoms. The van der Waals surface area contributed by atoms with Crippen LogP contribution in [0.1, 0.15) is 42.9 Å². The number of nitrogens with one attached hydrogen (secondary N) is 1. The number of benzene rings is 1. The fraction of sp³-hybridized carbons (Fsp3) is 0.435. The molecule has 3 aliphatic rings. The van der Waals surface area contributed by atoms with Crippen LogP contribution >= 0.6 is 0 Å². The maximum absolute atomic E-state index is 13.8. The van der Waals surface area contributed by atoms with Gasteiger partial charge < -0.3 is 15.0 Å². The van der Waals surface area contributed by atoms with E-state index in [2.05, 4.69) is 10.3 Å². The molecule has 6 nitrogen and oxygen atoms in total. The van der Waals surface area contributed by atoms with E-state index in [1.54, 1.807) is 19.5 Å². The Morgan fingerprint density at radius 1 is 1.24 bits per heavy atom. The molecule has 150 valence electrons. The van der Waals surface area contributed by atoms with Crippen molar-refractivity contribution in [3.63, 3.8) is 0 Å². The van der Waals surface area contributed by atoms with Gasteiger partial charge in [0.05, 0.1) is 18.1 Å². The summed E-state index contributed by atoms with van der Waals surface area (Å²) in [5.41, 5.74) is 1.47. The molecule has 2 atom stereocenters. The van der Waals surface area contributed by atoms with Gasteiger partial charge in [0.15, 0.2) is 0 Å². The first-order valence-corrected chi connectivity index (χ1v) is 10.2. The molecular weight excluding hydrogens is 366 g/mol. The van der Waals surface area contributed by atoms with Gasteiger partial charge in [0, 0.05) is 31.7 Å². The van der Waals surface area contributed by atoms with E-state index >= 15 is 0 Å². The van der Waals surface area contributed by atoms with Crippen LogP contribution in [-0.4, -0.2) is 42.0 Å². The topological polar surface area (TPSA) is 71.5 Å². The van der Waals surface area contributed by atoms with Gasteiger partial charge in [-0.2, -0.15) is 0 Å². The normalized spacial score (nSPS) is 26.9. The van der Waals surface area contributed by atoms with Crippen LogP contribution in [0.15, 0.2) is 48.8 Å². The highest BCUT2D eigenvalue weighted by atomic mass is 16.5. The summed E-state index contributed by atoms with van der Waals surface area (Å²) in [4.78, 5) is 33.4. The van der Waals surface area contributed by atoms with Crippen molar-refractivity contribution in [3.8, 4) is 0 Å². The van der Waals surface area contributed by atoms with Crippen LogP contribution in [0.4, 0.5) is 5.69 Å². The second-order valence-electron chi connectivity index (χ2n) is 8.48. The zero-order valence-electron chi connectivity index (χ0n) is 16.6. The SMILES string of the molecule is COCC1(C(=O)N2CCC3(C(=O)Nc4ccccc43)C2c2cccnc2)CCC1. The number of nitrogens with zero attached hydrogens (tertiary/aromatic N) is 2. The van der Waals surface area contributed by atoms with Crippen molar-refractivity contribution in [1.82, 2.24) is 9.88 Å². The van der Waals surface area contributed by atoms with E-state index in [0.29, 0.717) is 19.6 Å². The van der Waals surface area contributed by atoms with Gasteiger partial charge in [-0.3, -0.25) is 14.6 Å². The maximum Gasteiger partial charge on any atom is 0.237 e. The number of rotatable bonds is 4. The van der Waals surface area contributed by atoms with Gasteiger partial charge in [-0.05, 0) is 42.5 Å². The highest BCUT2D eigenvalue weighted by Gasteiger charge is 2.61. The second-order valence-corrected chi connectivity index (χ2v) is 8.48. The van der Waals surface area contributed by atoms with E-state index in [1.807, 2.05) is 41.3 Å². The summed E-state index contributed by atoms with van der Waals surface area (Å²) in [6.45, 7) is 0.976. The Kier molecular flexibility index (Phi) is 4.21. The molecule has 5 rings (SSSR count). The standard InChI is InChI=1S/C23H25N3O3/c1-29-15-22(9-5-10-22)21(28)26-13-11-23(19(26)16-6-4-12-24-14-16)17-7-2-3-8-18(17)25-20(23)27/h2-4,6-8,12,14,19H,5,9-11,13,15H2,1H3,(H,25,27). The highest BCUT2D eigenvalue weighted by molar-refractivity contribution is 6.08. The van der Waals surface area contributed by atoms with E-state index < -0.39 is 10.8 Å². The molecule has 1 aromatic carbocycles. The first-order chi connectivity index (χ1) is 14.1. The molecule has 2 fully saturated rings. The second kappa shape index (κ2) is 6.66. The molecule has 1 saturated heterocycles. The predicted octanol–water partition coefficient (Wildman–Crippen LogP) is 3.06. The van der Waals surface area contributed by atoms with Crippen LogP contribution in [0.5, 0.6) is 0 Å². The Hall–Kier alpha value is -2.73. The lowest BCUT2D eigenvalue weighted by Crippen LogP contribution is -2.52. The van der Waals surface area contributed by atoms with Gasteiger partial charge in [0.1, 0.15) is 5.41 Å². The predicted molar refractivity (Wildman–Crippen MR) is 108 cm³/mol. The Morgan fingerprint density at radius 3 is 2.76 bits per heavy atom. The number of ether oxygens (including phenoxy) is 1. The minimum atomic E-state index is -0.784. The number of carbonyl (C=O) groups excluding carboxylic acids is 2. The van der Waals surface area contributed by atoms with E-state index in [0.717, 1.165) is 36.1 Å². The zero-order valence-corrected chi connectivity index (χ0v) is 16.6. The summed E-state index contributed by atoms with van der Waals surface area (Å²) in [5, 5.41) is 3.06. The maximum atomic E-state index is 13.8. The number of anilines is 1. The number of carbonyl (C=O) groups is 2. The largest absolute Gasteiger partial charge is 0.384 e. The molecule has 2 amide bonds. The summed E-state index contributed by atoms with van der Waals surface area (Å²) >= 11 is 0. The molecule has 0 bridgehead atoms. The van der Waals surface area contributed by atoms with Gasteiger partial charge in [0.25, 0.3) is 0 Å². The number of hydrogen-bond acceptors (Lipinski definition) is 4. The number of hydrogen-bond donors (Lipinski definition) is 1. The Labute approximate surface area is 170 Å². The molecule has 1 N–H and O–H groups in total. The summed E-state index contributed by atoms with van der Waals surface area (Å²) in [6, 6.07) is 11.3. The van der Waals surface area contributed by atoms with Gasteiger partial charge >= 0.3 is 0 Å². The molecule has 1 saturated carbocycles. The van der Waals surface area contributed by atoms with E-state index in [-0.39, 0.29) is 17.9 Å². The fourth-order valence-corrected chi connectivity index (χ4v) is 5.51. The van der Waals surface area contributed by atoms with E-state index in [4.69, 9.17) is 4.74 Å². The van der Waals surface area contributed by atoms with Gasteiger partial charge in [0.2, 0.25) is 11.8 Å². The number of methoxy groups -OCH3 is 1. The first kappa shape index (κ1) is 18.3. The van der Waals surface area contributed by atoms with Crippen LogP contribution < -0.4 is 5.32 Å². The number of likely N-dealkylation sites (tertiary alicyclic amines) is 1. The Bertz CT molecular complexity index is 957. The van der Waals surface area contributed by atoms with Crippen LogP contribution in [0, 0.1) is 5.41 Å². The Morgan fingerprint density at radius 2 is 2.07 bits per heavy atom. The summed E-state index contributed by atoms with van der Waals surface area (Å²) < 4.78 is 5.43. The molecule has 0 radical (unpaired) electrons. The van der Waals surface area contributed by atoms with Crippen molar-refractivity contribution in [2.45, 2.75) is 37.1 Å². The fourth-order valence-electron chi connectivity index (χ4n) is 5.51. The quantitative estimate of drug-likeness (QED) is 0.870. The molecule has 3 heterocycles. The van der Waals surface area contributed by atoms with E-state index in [9.17, 15) is 9.59 Å². The number of amides is 2. The molecule has 2 unspecified atom stereocenters. The molecule has 1 aliphatic carbocycles. The molecule has 1 spiro atoms. The number of fused-ring (bicyclic) bond motifs is 2. The van der Waals surface area contributed by atoms with Crippen LogP contribution in [-0.2, 0) is 19.7 Å². The van der Waals surface area contributed by atoms with Crippen molar-refractivity contribution in [2.75, 3.05) is 25.6 Å². The molecular formula is C23H25N3O3. The van der Waals surface area contributed by atoms with Crippen molar-refractivity contribution in [1.29, 1.82) is 0 Å². The van der Waals surface area contributed by atoms with Gasteiger partial charge in [-0.15, -0.1) is 0 Å². The van der Waals surface area contributed by atoms with Crippen LogP contribution in [0.25, 0.3) is 0 Å². The summed E-state index contributed by atoms with van der Waals surface area (Å²) in [5.74, 6) is 0.0748. The molecule has 1 aromatic heterocycles. The van der Waals surface area contributed by atoms with Gasteiger partial charge in [-0.25, -0.2) is 0 Å². The third kappa shape index (κ3) is 2.48. The minimum absolute atomic E-state index is 0.0303. The Balaban J connectivity index is 1.63. The van der Waals surface area contributed by atoms with Crippen molar-refractivity contribution < 1.29 is 14.3 Å². The number of aromatic nitrogens is 1. The number of pyridine rings is 1. The average Bonchev–Trinajstić information content (AvgIpc) is 3.25. The van der Waals surface area contributed by atoms with Crippen molar-refractivity contribution in [3.05, 3.63) is 59.9 Å². The lowest BCUT2D eigenvalue weighted by atomic mass is 9.67. The van der Waals surface area contributed by atoms with Crippen molar-refractivity contribution >= 4 is 17.5 Å². The molecule has 2 aliphatic heterocycles. The lowest BCUT2D eigenvalue weighted by molar-refractivity contribution is -0.154. The van der Waals surface area contributed by atoms with E-state index in [1.165, 1.54) is 0 Å². The van der Waals surface area contributed by atoms with Crippen molar-refractivity contribution in [2.24, 2.45) is 5.41 Å². The molecule has 2 aromatic rings. The van der Waals surface area contributed by atoms with Crippen LogP contribution in [0.3, 0.4) is 0 Å². The smallest absolute Gasteiger partial charge is 0.237 e. The average molecular weight is 391 g/mol. The monoisotopic (exact) mass is 391 g/mol. The third-order valence-corrected chi connectivity index (χ3v) is 7.03. The third-order valence-electron chi connectivity index (χ3n) is 7.03. The minimum Gasteiger partial charge on any atom is -0.384 e. The van der Waals surface area contributed by atoms with Gasteiger partial charge in [-0.1, -0.05) is 30.7 Å². The number of para-hydroxylation sites is 1. The molecule has 6 heteroatoms. The summed E-state index contributed by atoms with van der Waals surface area (Å²) in [7, 11) is 1.65. The first-order valence-electron chi connectivity index (χ1n) is 10.2. The van der Waals surface area contributed by atoms with Crippen LogP contribution in [0.2, 0.25) is 0 Å². The lowest BCUT2D eigenvalue weighted by Gasteiger charge is -2.44. The highest BCUT2D eigenvalue weighted by Crippen LogP contribution is 2.56. The zero-order chi connectivity index (χ0) is 20.1.